The molecule has 0 fully saturated rings. The van der Waals surface area contributed by atoms with Crippen LogP contribution in [-0.2, 0) is 0 Å². The number of nitrogens with one attached hydrogen (secondary N) is 1. The normalized spacial score (nSPS) is 12.2. The molecule has 0 aliphatic heterocycles. The number of benzene rings is 1. The van der Waals surface area contributed by atoms with E-state index in [1.807, 2.05) is 6.92 Å². The molecule has 0 radical (unpaired) electrons. The quantitative estimate of drug-likeness (QED) is 0.792. The lowest BCUT2D eigenvalue weighted by atomic mass is 10.1. The van der Waals surface area contributed by atoms with E-state index in [1.165, 1.54) is 12.1 Å². The Morgan fingerprint density at radius 1 is 1.53 bits per heavy atom. The van der Waals surface area contributed by atoms with Gasteiger partial charge in [-0.1, -0.05) is 20.3 Å². The number of nitrogens with two attached hydrogens (primary N) is 1. The first kappa shape index (κ1) is 13.5. The average molecular weight is 238 g/mol. The molecule has 0 aliphatic rings. The van der Waals surface area contributed by atoms with Crippen molar-refractivity contribution in [2.45, 2.75) is 27.2 Å². The molecule has 94 valence electrons. The molecule has 0 aliphatic carbocycles. The van der Waals surface area contributed by atoms with E-state index < -0.39 is 5.82 Å². The van der Waals surface area contributed by atoms with Gasteiger partial charge in [0.05, 0.1) is 0 Å². The zero-order chi connectivity index (χ0) is 13.0. The molecule has 1 atom stereocenters. The number of amides is 1. The van der Waals surface area contributed by atoms with Crippen molar-refractivity contribution in [1.82, 2.24) is 5.32 Å². The summed E-state index contributed by atoms with van der Waals surface area (Å²) in [5.74, 6) is -0.318. The van der Waals surface area contributed by atoms with Gasteiger partial charge in [-0.05, 0) is 25.0 Å². The molecule has 17 heavy (non-hydrogen) atoms. The third kappa shape index (κ3) is 3.44. The molecule has 0 spiro atoms. The lowest BCUT2D eigenvalue weighted by Crippen LogP contribution is -2.28. The van der Waals surface area contributed by atoms with E-state index in [1.54, 1.807) is 6.92 Å². The Kier molecular flexibility index (Phi) is 4.49. The van der Waals surface area contributed by atoms with Gasteiger partial charge in [0, 0.05) is 23.4 Å². The Labute approximate surface area is 101 Å². The number of hydrogen-bond acceptors (Lipinski definition) is 2. The molecule has 0 heterocycles. The highest BCUT2D eigenvalue weighted by atomic mass is 19.1. The van der Waals surface area contributed by atoms with E-state index in [9.17, 15) is 9.18 Å². The van der Waals surface area contributed by atoms with E-state index in [-0.39, 0.29) is 11.5 Å². The second-order valence-corrected chi connectivity index (χ2v) is 4.40. The molecule has 0 saturated heterocycles. The lowest BCUT2D eigenvalue weighted by Gasteiger charge is -2.11. The Hall–Kier alpha value is -1.58. The van der Waals surface area contributed by atoms with Crippen LogP contribution in [0.2, 0.25) is 0 Å². The summed E-state index contributed by atoms with van der Waals surface area (Å²) < 4.78 is 13.4. The summed E-state index contributed by atoms with van der Waals surface area (Å²) >= 11 is 0. The fraction of sp³-hybridized carbons (Fsp3) is 0.462. The average Bonchev–Trinajstić information content (AvgIpc) is 2.31. The molecule has 0 aromatic heterocycles. The molecule has 1 unspecified atom stereocenters. The Balaban J connectivity index is 2.76. The van der Waals surface area contributed by atoms with Crippen LogP contribution in [0.3, 0.4) is 0 Å². The van der Waals surface area contributed by atoms with E-state index in [0.29, 0.717) is 23.7 Å². The number of nitrogen functional groups attached to an aromatic ring is 1. The van der Waals surface area contributed by atoms with Crippen molar-refractivity contribution in [2.75, 3.05) is 12.3 Å². The number of anilines is 1. The minimum atomic E-state index is -0.446. The van der Waals surface area contributed by atoms with Gasteiger partial charge in [0.1, 0.15) is 5.82 Å². The van der Waals surface area contributed by atoms with Crippen LogP contribution >= 0.6 is 0 Å². The van der Waals surface area contributed by atoms with Gasteiger partial charge in [0.25, 0.3) is 5.91 Å². The number of rotatable bonds is 4. The molecule has 0 bridgehead atoms. The van der Waals surface area contributed by atoms with Gasteiger partial charge in [-0.3, -0.25) is 4.79 Å². The molecule has 0 saturated carbocycles. The largest absolute Gasteiger partial charge is 0.398 e. The standard InChI is InChI=1S/C13H19FN2O/c1-4-8(2)7-16-13(17)10-5-11(14)9(3)12(15)6-10/h5-6,8H,4,7,15H2,1-3H3,(H,16,17). The van der Waals surface area contributed by atoms with Gasteiger partial charge in [-0.15, -0.1) is 0 Å². The maximum Gasteiger partial charge on any atom is 0.251 e. The third-order valence-electron chi connectivity index (χ3n) is 2.95. The van der Waals surface area contributed by atoms with Crippen molar-refractivity contribution in [1.29, 1.82) is 0 Å². The minimum Gasteiger partial charge on any atom is -0.398 e. The van der Waals surface area contributed by atoms with E-state index in [4.69, 9.17) is 5.73 Å². The minimum absolute atomic E-state index is 0.272. The van der Waals surface area contributed by atoms with E-state index in [0.717, 1.165) is 6.42 Å². The lowest BCUT2D eigenvalue weighted by molar-refractivity contribution is 0.0947. The molecule has 3 N–H and O–H groups in total. The van der Waals surface area contributed by atoms with Crippen LogP contribution in [0.15, 0.2) is 12.1 Å². The molecule has 1 aromatic carbocycles. The summed E-state index contributed by atoms with van der Waals surface area (Å²) in [5.41, 5.74) is 6.58. The summed E-state index contributed by atoms with van der Waals surface area (Å²) in [4.78, 5) is 11.7. The first-order chi connectivity index (χ1) is 7.95. The first-order valence-electron chi connectivity index (χ1n) is 5.79. The number of hydrogen-bond donors (Lipinski definition) is 2. The van der Waals surface area contributed by atoms with Crippen molar-refractivity contribution < 1.29 is 9.18 Å². The van der Waals surface area contributed by atoms with Crippen LogP contribution in [0.4, 0.5) is 10.1 Å². The van der Waals surface area contributed by atoms with Crippen LogP contribution in [-0.4, -0.2) is 12.5 Å². The fourth-order valence-corrected chi connectivity index (χ4v) is 1.34. The molecular weight excluding hydrogens is 219 g/mol. The van der Waals surface area contributed by atoms with Crippen molar-refractivity contribution in [3.05, 3.63) is 29.1 Å². The van der Waals surface area contributed by atoms with Gasteiger partial charge < -0.3 is 11.1 Å². The van der Waals surface area contributed by atoms with E-state index in [2.05, 4.69) is 12.2 Å². The number of halogens is 1. The van der Waals surface area contributed by atoms with Gasteiger partial charge in [0.2, 0.25) is 0 Å². The molecule has 1 aromatic rings. The zero-order valence-electron chi connectivity index (χ0n) is 10.5. The van der Waals surface area contributed by atoms with E-state index >= 15 is 0 Å². The maximum absolute atomic E-state index is 13.4. The maximum atomic E-state index is 13.4. The fourth-order valence-electron chi connectivity index (χ4n) is 1.34. The number of carbonyl (C=O) groups is 1. The second-order valence-electron chi connectivity index (χ2n) is 4.40. The van der Waals surface area contributed by atoms with Gasteiger partial charge in [-0.2, -0.15) is 0 Å². The van der Waals surface area contributed by atoms with Gasteiger partial charge >= 0.3 is 0 Å². The van der Waals surface area contributed by atoms with Crippen molar-refractivity contribution in [3.8, 4) is 0 Å². The Morgan fingerprint density at radius 2 is 2.18 bits per heavy atom. The van der Waals surface area contributed by atoms with Gasteiger partial charge in [-0.25, -0.2) is 4.39 Å². The van der Waals surface area contributed by atoms with Crippen LogP contribution in [0.5, 0.6) is 0 Å². The monoisotopic (exact) mass is 238 g/mol. The summed E-state index contributed by atoms with van der Waals surface area (Å²) in [6.07, 6.45) is 0.991. The predicted molar refractivity (Wildman–Crippen MR) is 67.3 cm³/mol. The zero-order valence-corrected chi connectivity index (χ0v) is 10.5. The van der Waals surface area contributed by atoms with Gasteiger partial charge in [0.15, 0.2) is 0 Å². The molecule has 1 rings (SSSR count). The highest BCUT2D eigenvalue weighted by Gasteiger charge is 2.11. The van der Waals surface area contributed by atoms with Crippen molar-refractivity contribution >= 4 is 11.6 Å². The first-order valence-corrected chi connectivity index (χ1v) is 5.79. The van der Waals surface area contributed by atoms with Crippen molar-refractivity contribution in [3.63, 3.8) is 0 Å². The number of carbonyl (C=O) groups excluding carboxylic acids is 1. The molecule has 1 amide bonds. The third-order valence-corrected chi connectivity index (χ3v) is 2.95. The summed E-state index contributed by atoms with van der Waals surface area (Å²) in [6.45, 7) is 6.28. The summed E-state index contributed by atoms with van der Waals surface area (Å²) in [6, 6.07) is 2.72. The van der Waals surface area contributed by atoms with Crippen molar-refractivity contribution in [2.24, 2.45) is 5.92 Å². The molecular formula is C13H19FN2O. The predicted octanol–water partition coefficient (Wildman–Crippen LogP) is 2.49. The van der Waals surface area contributed by atoms with Crippen LogP contribution < -0.4 is 11.1 Å². The SMILES string of the molecule is CCC(C)CNC(=O)c1cc(N)c(C)c(F)c1. The summed E-state index contributed by atoms with van der Waals surface area (Å²) in [5, 5.41) is 2.76. The Morgan fingerprint density at radius 3 is 2.71 bits per heavy atom. The Bertz CT molecular complexity index is 395. The molecule has 3 nitrogen and oxygen atoms in total. The van der Waals surface area contributed by atoms with Crippen LogP contribution in [0.1, 0.15) is 36.2 Å². The molecule has 4 heteroatoms. The highest BCUT2D eigenvalue weighted by Crippen LogP contribution is 2.17. The van der Waals surface area contributed by atoms with Crippen LogP contribution in [0, 0.1) is 18.7 Å². The second kappa shape index (κ2) is 5.66. The summed E-state index contributed by atoms with van der Waals surface area (Å²) in [7, 11) is 0. The highest BCUT2D eigenvalue weighted by molar-refractivity contribution is 5.95. The topological polar surface area (TPSA) is 55.1 Å². The van der Waals surface area contributed by atoms with Crippen LogP contribution in [0.25, 0.3) is 0 Å². The smallest absolute Gasteiger partial charge is 0.251 e.